The first-order chi connectivity index (χ1) is 20.1. The van der Waals surface area contributed by atoms with Gasteiger partial charge < -0.3 is 19.1 Å². The van der Waals surface area contributed by atoms with Gasteiger partial charge in [-0.2, -0.15) is 0 Å². The van der Waals surface area contributed by atoms with Crippen LogP contribution in [0.1, 0.15) is 0 Å². The molecule has 0 radical (unpaired) electrons. The van der Waals surface area contributed by atoms with Crippen LogP contribution in [0.4, 0.5) is 5.82 Å². The van der Waals surface area contributed by atoms with Crippen LogP contribution in [0.5, 0.6) is 11.5 Å². The summed E-state index contributed by atoms with van der Waals surface area (Å²) in [5.74, 6) is 3.94. The molecule has 2 aromatic carbocycles. The molecule has 41 heavy (non-hydrogen) atoms. The van der Waals surface area contributed by atoms with Crippen molar-refractivity contribution in [1.29, 1.82) is 0 Å². The summed E-state index contributed by atoms with van der Waals surface area (Å²) in [7, 11) is 3.30. The minimum atomic E-state index is 0.493. The molecule has 7 rings (SSSR count). The summed E-state index contributed by atoms with van der Waals surface area (Å²) >= 11 is 9.39. The number of hydrogen-bond donors (Lipinski definition) is 0. The van der Waals surface area contributed by atoms with Gasteiger partial charge in [0.15, 0.2) is 22.6 Å². The third-order valence-corrected chi connectivity index (χ3v) is 8.71. The molecule has 0 unspecified atom stereocenters. The lowest BCUT2D eigenvalue weighted by atomic mass is 10.2. The van der Waals surface area contributed by atoms with Crippen LogP contribution in [0.2, 0.25) is 5.15 Å². The minimum absolute atomic E-state index is 0.493. The van der Waals surface area contributed by atoms with Gasteiger partial charge >= 0.3 is 0 Å². The standard InChI is InChI=1S/C17H17N3O2S.C13H9ClN2OS/c1-21-13-4-2-3-12(11-13)16-18-14-5-10-23-15(14)17(19-16)20-6-8-22-9-7-20;1-17-9-4-2-3-8(7-9)13-15-10-5-6-18-11(10)12(14)16-13/h2-5,10-11H,6-9H2,1H3;2-7H,1H3. The molecule has 1 saturated heterocycles. The van der Waals surface area contributed by atoms with Gasteiger partial charge in [-0.15, -0.1) is 22.7 Å². The van der Waals surface area contributed by atoms with Crippen LogP contribution >= 0.6 is 34.3 Å². The molecule has 0 N–H and O–H groups in total. The van der Waals surface area contributed by atoms with Crippen molar-refractivity contribution in [2.75, 3.05) is 45.4 Å². The van der Waals surface area contributed by atoms with Crippen molar-refractivity contribution in [3.63, 3.8) is 0 Å². The Bertz CT molecular complexity index is 1800. The number of fused-ring (bicyclic) bond motifs is 2. The lowest BCUT2D eigenvalue weighted by Crippen LogP contribution is -2.36. The van der Waals surface area contributed by atoms with Crippen LogP contribution in [0.25, 0.3) is 43.2 Å². The maximum atomic E-state index is 6.16. The molecule has 1 fully saturated rings. The van der Waals surface area contributed by atoms with Gasteiger partial charge in [0, 0.05) is 24.2 Å². The lowest BCUT2D eigenvalue weighted by molar-refractivity contribution is 0.122. The predicted molar refractivity (Wildman–Crippen MR) is 167 cm³/mol. The Kier molecular flexibility index (Phi) is 8.24. The number of benzene rings is 2. The Labute approximate surface area is 250 Å². The third-order valence-electron chi connectivity index (χ3n) is 6.51. The lowest BCUT2D eigenvalue weighted by Gasteiger charge is -2.28. The van der Waals surface area contributed by atoms with E-state index in [0.717, 1.165) is 81.0 Å². The fraction of sp³-hybridized carbons (Fsp3) is 0.200. The second-order valence-corrected chi connectivity index (χ2v) is 11.2. The molecule has 0 bridgehead atoms. The zero-order chi connectivity index (χ0) is 28.2. The second kappa shape index (κ2) is 12.4. The molecule has 1 aliphatic rings. The summed E-state index contributed by atoms with van der Waals surface area (Å²) in [6.45, 7) is 3.21. The zero-order valence-corrected chi connectivity index (χ0v) is 24.8. The summed E-state index contributed by atoms with van der Waals surface area (Å²) < 4.78 is 18.0. The number of rotatable bonds is 5. The van der Waals surface area contributed by atoms with Gasteiger partial charge in [0.2, 0.25) is 0 Å². The molecule has 208 valence electrons. The van der Waals surface area contributed by atoms with Crippen molar-refractivity contribution in [1.82, 2.24) is 19.9 Å². The number of methoxy groups -OCH3 is 2. The first-order valence-corrected chi connectivity index (χ1v) is 15.0. The van der Waals surface area contributed by atoms with E-state index in [4.69, 9.17) is 35.8 Å². The van der Waals surface area contributed by atoms with Gasteiger partial charge in [-0.1, -0.05) is 35.9 Å². The minimum Gasteiger partial charge on any atom is -0.497 e. The first-order valence-electron chi connectivity index (χ1n) is 12.9. The molecule has 6 aromatic rings. The molecule has 0 spiro atoms. The van der Waals surface area contributed by atoms with Crippen molar-refractivity contribution < 1.29 is 14.2 Å². The van der Waals surface area contributed by atoms with Crippen LogP contribution in [0, 0.1) is 0 Å². The third kappa shape index (κ3) is 5.96. The quantitative estimate of drug-likeness (QED) is 0.191. The van der Waals surface area contributed by atoms with Crippen LogP contribution in [0.3, 0.4) is 0 Å². The molecule has 0 amide bonds. The summed E-state index contributed by atoms with van der Waals surface area (Å²) in [5.41, 5.74) is 3.72. The Morgan fingerprint density at radius 1 is 0.732 bits per heavy atom. The molecule has 11 heteroatoms. The Morgan fingerprint density at radius 2 is 1.29 bits per heavy atom. The van der Waals surface area contributed by atoms with Crippen LogP contribution < -0.4 is 14.4 Å². The maximum absolute atomic E-state index is 6.16. The van der Waals surface area contributed by atoms with Gasteiger partial charge in [-0.25, -0.2) is 19.9 Å². The molecule has 1 aliphatic heterocycles. The van der Waals surface area contributed by atoms with E-state index in [9.17, 15) is 0 Å². The summed E-state index contributed by atoms with van der Waals surface area (Å²) in [5, 5.41) is 4.52. The molecular weight excluding hydrogens is 578 g/mol. The van der Waals surface area contributed by atoms with E-state index < -0.39 is 0 Å². The SMILES string of the molecule is COc1cccc(-c2nc(Cl)c3sccc3n2)c1.COc1cccc(-c2nc(N3CCOCC3)c3sccc3n2)c1. The van der Waals surface area contributed by atoms with Gasteiger partial charge in [-0.05, 0) is 47.2 Å². The summed E-state index contributed by atoms with van der Waals surface area (Å²) in [6.07, 6.45) is 0. The Morgan fingerprint density at radius 3 is 1.90 bits per heavy atom. The second-order valence-electron chi connectivity index (χ2n) is 9.04. The molecule has 8 nitrogen and oxygen atoms in total. The van der Waals surface area contributed by atoms with Gasteiger partial charge in [0.05, 0.1) is 47.9 Å². The van der Waals surface area contributed by atoms with E-state index in [0.29, 0.717) is 11.0 Å². The fourth-order valence-corrected chi connectivity index (χ4v) is 6.32. The van der Waals surface area contributed by atoms with E-state index in [1.54, 1.807) is 36.9 Å². The van der Waals surface area contributed by atoms with Crippen molar-refractivity contribution >= 4 is 60.5 Å². The fourth-order valence-electron chi connectivity index (χ4n) is 4.45. The Hall–Kier alpha value is -3.83. The van der Waals surface area contributed by atoms with Crippen LogP contribution in [0.15, 0.2) is 71.4 Å². The highest BCUT2D eigenvalue weighted by Crippen LogP contribution is 2.33. The monoisotopic (exact) mass is 603 g/mol. The Balaban J connectivity index is 0.000000152. The number of morpholine rings is 1. The molecule has 4 aromatic heterocycles. The normalized spacial score (nSPS) is 13.2. The van der Waals surface area contributed by atoms with Crippen molar-refractivity contribution in [3.8, 4) is 34.3 Å². The molecular formula is C30H26ClN5O3S2. The van der Waals surface area contributed by atoms with E-state index in [2.05, 4.69) is 26.3 Å². The van der Waals surface area contributed by atoms with Crippen LogP contribution in [-0.4, -0.2) is 60.5 Å². The number of thiophene rings is 2. The number of aromatic nitrogens is 4. The zero-order valence-electron chi connectivity index (χ0n) is 22.4. The highest BCUT2D eigenvalue weighted by molar-refractivity contribution is 7.18. The average molecular weight is 604 g/mol. The first kappa shape index (κ1) is 27.3. The molecule has 5 heterocycles. The largest absolute Gasteiger partial charge is 0.497 e. The average Bonchev–Trinajstić information content (AvgIpc) is 3.72. The number of nitrogens with zero attached hydrogens (tertiary/aromatic N) is 5. The summed E-state index contributed by atoms with van der Waals surface area (Å²) in [6, 6.07) is 19.5. The predicted octanol–water partition coefficient (Wildman–Crippen LogP) is 7.22. The smallest absolute Gasteiger partial charge is 0.162 e. The topological polar surface area (TPSA) is 82.5 Å². The van der Waals surface area contributed by atoms with Gasteiger partial charge in [-0.3, -0.25) is 0 Å². The number of anilines is 1. The molecule has 0 atom stereocenters. The highest BCUT2D eigenvalue weighted by Gasteiger charge is 2.19. The molecule has 0 saturated carbocycles. The van der Waals surface area contributed by atoms with Crippen molar-refractivity contribution in [2.24, 2.45) is 0 Å². The number of hydrogen-bond acceptors (Lipinski definition) is 10. The van der Waals surface area contributed by atoms with E-state index in [-0.39, 0.29) is 0 Å². The van der Waals surface area contributed by atoms with Gasteiger partial charge in [0.1, 0.15) is 11.5 Å². The summed E-state index contributed by atoms with van der Waals surface area (Å²) in [4.78, 5) is 20.7. The van der Waals surface area contributed by atoms with Crippen molar-refractivity contribution in [3.05, 3.63) is 76.6 Å². The number of halogens is 1. The highest BCUT2D eigenvalue weighted by atomic mass is 35.5. The van der Waals surface area contributed by atoms with E-state index >= 15 is 0 Å². The van der Waals surface area contributed by atoms with Crippen LogP contribution in [-0.2, 0) is 4.74 Å². The maximum Gasteiger partial charge on any atom is 0.162 e. The van der Waals surface area contributed by atoms with Gasteiger partial charge in [0.25, 0.3) is 0 Å². The van der Waals surface area contributed by atoms with E-state index in [1.165, 1.54) is 0 Å². The van der Waals surface area contributed by atoms with E-state index in [1.807, 2.05) is 60.0 Å². The molecule has 0 aliphatic carbocycles. The van der Waals surface area contributed by atoms with Crippen molar-refractivity contribution in [2.45, 2.75) is 0 Å². The number of ether oxygens (including phenoxy) is 3.